The highest BCUT2D eigenvalue weighted by atomic mass is 35.5. The van der Waals surface area contributed by atoms with Gasteiger partial charge in [-0.3, -0.25) is 0 Å². The smallest absolute Gasteiger partial charge is 0.297 e. The number of hydrogen-bond acceptors (Lipinski definition) is 6. The van der Waals surface area contributed by atoms with E-state index in [0.717, 1.165) is 25.9 Å². The van der Waals surface area contributed by atoms with Gasteiger partial charge in [-0.15, -0.1) is 5.10 Å². The summed E-state index contributed by atoms with van der Waals surface area (Å²) in [7, 11) is 0. The lowest BCUT2D eigenvalue weighted by Gasteiger charge is -2.22. The van der Waals surface area contributed by atoms with E-state index in [4.69, 9.17) is 27.7 Å². The molecule has 1 N–H and O–H groups in total. The molecule has 1 aromatic carbocycles. The Morgan fingerprint density at radius 2 is 2.04 bits per heavy atom. The molecule has 4 rings (SSSR count). The zero-order valence-corrected chi connectivity index (χ0v) is 14.1. The second-order valence-electron chi connectivity index (χ2n) is 5.57. The van der Waals surface area contributed by atoms with Gasteiger partial charge in [0.05, 0.1) is 21.7 Å². The average Bonchev–Trinajstić information content (AvgIpc) is 3.25. The van der Waals surface area contributed by atoms with Gasteiger partial charge in [-0.05, 0) is 31.5 Å². The van der Waals surface area contributed by atoms with E-state index in [-0.39, 0.29) is 5.89 Å². The van der Waals surface area contributed by atoms with E-state index in [1.807, 2.05) is 4.68 Å². The van der Waals surface area contributed by atoms with Gasteiger partial charge in [-0.25, -0.2) is 9.67 Å². The molecule has 1 unspecified atom stereocenters. The molecule has 9 heteroatoms. The van der Waals surface area contributed by atoms with Crippen molar-refractivity contribution in [1.82, 2.24) is 30.2 Å². The summed E-state index contributed by atoms with van der Waals surface area (Å²) in [6.45, 7) is 1.93. The number of halogens is 2. The van der Waals surface area contributed by atoms with Crippen molar-refractivity contribution in [2.75, 3.05) is 13.1 Å². The van der Waals surface area contributed by atoms with E-state index in [1.165, 1.54) is 0 Å². The molecule has 1 fully saturated rings. The molecule has 124 valence electrons. The molecular formula is C15H14Cl2N6O. The molecule has 0 aliphatic carbocycles. The lowest BCUT2D eigenvalue weighted by atomic mass is 10.1. The monoisotopic (exact) mass is 364 g/mol. The minimum absolute atomic E-state index is 0.239. The van der Waals surface area contributed by atoms with Crippen LogP contribution in [0.1, 0.15) is 18.9 Å². The zero-order chi connectivity index (χ0) is 16.5. The highest BCUT2D eigenvalue weighted by molar-refractivity contribution is 6.38. The van der Waals surface area contributed by atoms with Crippen molar-refractivity contribution in [1.29, 1.82) is 0 Å². The van der Waals surface area contributed by atoms with E-state index in [1.54, 1.807) is 24.5 Å². The van der Waals surface area contributed by atoms with Crippen molar-refractivity contribution < 1.29 is 4.52 Å². The van der Waals surface area contributed by atoms with Crippen LogP contribution in [0.15, 0.2) is 29.0 Å². The topological polar surface area (TPSA) is 81.7 Å². The first kappa shape index (κ1) is 15.6. The Hall–Kier alpha value is -1.96. The van der Waals surface area contributed by atoms with Crippen LogP contribution < -0.4 is 5.32 Å². The van der Waals surface area contributed by atoms with Crippen molar-refractivity contribution in [3.63, 3.8) is 0 Å². The fourth-order valence-corrected chi connectivity index (χ4v) is 3.30. The van der Waals surface area contributed by atoms with Gasteiger partial charge < -0.3 is 9.84 Å². The van der Waals surface area contributed by atoms with Crippen LogP contribution in [0.25, 0.3) is 23.1 Å². The van der Waals surface area contributed by atoms with Crippen molar-refractivity contribution in [2.45, 2.75) is 18.9 Å². The van der Waals surface area contributed by atoms with E-state index in [0.29, 0.717) is 33.3 Å². The molecule has 1 aliphatic heterocycles. The minimum Gasteiger partial charge on any atom is -0.330 e. The summed E-state index contributed by atoms with van der Waals surface area (Å²) in [5.41, 5.74) is 0.534. The molecule has 0 radical (unpaired) electrons. The fourth-order valence-electron chi connectivity index (χ4n) is 2.74. The maximum absolute atomic E-state index is 6.18. The van der Waals surface area contributed by atoms with Gasteiger partial charge in [0, 0.05) is 6.54 Å². The van der Waals surface area contributed by atoms with Crippen molar-refractivity contribution >= 4 is 23.2 Å². The Morgan fingerprint density at radius 1 is 1.21 bits per heavy atom. The molecule has 7 nitrogen and oxygen atoms in total. The lowest BCUT2D eigenvalue weighted by molar-refractivity contribution is 0.345. The van der Waals surface area contributed by atoms with Crippen molar-refractivity contribution in [2.24, 2.45) is 0 Å². The first-order valence-electron chi connectivity index (χ1n) is 7.62. The van der Waals surface area contributed by atoms with Crippen LogP contribution in [-0.4, -0.2) is 38.0 Å². The van der Waals surface area contributed by atoms with Gasteiger partial charge in [0.25, 0.3) is 5.89 Å². The summed E-state index contributed by atoms with van der Waals surface area (Å²) in [6.07, 6.45) is 3.88. The van der Waals surface area contributed by atoms with Crippen molar-refractivity contribution in [3.05, 3.63) is 34.6 Å². The third-order valence-electron chi connectivity index (χ3n) is 3.96. The van der Waals surface area contributed by atoms with Crippen LogP contribution in [0.3, 0.4) is 0 Å². The predicted octanol–water partition coefficient (Wildman–Crippen LogP) is 3.23. The molecule has 24 heavy (non-hydrogen) atoms. The van der Waals surface area contributed by atoms with E-state index in [2.05, 4.69) is 25.5 Å². The number of piperidine rings is 1. The predicted molar refractivity (Wildman–Crippen MR) is 89.9 cm³/mol. The molecule has 1 saturated heterocycles. The molecule has 0 spiro atoms. The van der Waals surface area contributed by atoms with Crippen LogP contribution >= 0.6 is 23.2 Å². The summed E-state index contributed by atoms with van der Waals surface area (Å²) in [4.78, 5) is 8.61. The second kappa shape index (κ2) is 6.51. The number of aromatic nitrogens is 5. The van der Waals surface area contributed by atoms with Crippen LogP contribution in [0.4, 0.5) is 0 Å². The molecule has 1 atom stereocenters. The summed E-state index contributed by atoms with van der Waals surface area (Å²) < 4.78 is 7.12. The SMILES string of the molecule is Clc1cccc(Cl)c1-c1noc(-c2ncn(C3CCCNC3)n2)n1. The first-order chi connectivity index (χ1) is 11.7. The Kier molecular flexibility index (Phi) is 4.22. The molecule has 3 aromatic rings. The van der Waals surface area contributed by atoms with E-state index < -0.39 is 0 Å². The first-order valence-corrected chi connectivity index (χ1v) is 8.38. The maximum atomic E-state index is 6.18. The summed E-state index contributed by atoms with van der Waals surface area (Å²) in [5.74, 6) is 0.947. The van der Waals surface area contributed by atoms with Crippen LogP contribution in [-0.2, 0) is 0 Å². The van der Waals surface area contributed by atoms with Crippen LogP contribution in [0.2, 0.25) is 10.0 Å². The van der Waals surface area contributed by atoms with Crippen molar-refractivity contribution in [3.8, 4) is 23.1 Å². The van der Waals surface area contributed by atoms with Gasteiger partial charge in [0.1, 0.15) is 6.33 Å². The number of hydrogen-bond donors (Lipinski definition) is 1. The molecule has 2 aromatic heterocycles. The van der Waals surface area contributed by atoms with Crippen LogP contribution in [0, 0.1) is 0 Å². The Bertz CT molecular complexity index is 835. The second-order valence-corrected chi connectivity index (χ2v) is 6.38. The fraction of sp³-hybridized carbons (Fsp3) is 0.333. The third-order valence-corrected chi connectivity index (χ3v) is 4.59. The molecule has 0 amide bonds. The Balaban J connectivity index is 1.62. The number of benzene rings is 1. The largest absolute Gasteiger partial charge is 0.330 e. The molecular weight excluding hydrogens is 351 g/mol. The quantitative estimate of drug-likeness (QED) is 0.768. The van der Waals surface area contributed by atoms with Gasteiger partial charge >= 0.3 is 0 Å². The third kappa shape index (κ3) is 2.90. The van der Waals surface area contributed by atoms with Crippen LogP contribution in [0.5, 0.6) is 0 Å². The van der Waals surface area contributed by atoms with E-state index >= 15 is 0 Å². The number of nitrogens with zero attached hydrogens (tertiary/aromatic N) is 5. The van der Waals surface area contributed by atoms with Gasteiger partial charge in [0.2, 0.25) is 11.6 Å². The standard InChI is InChI=1S/C15H14Cl2N6O/c16-10-4-1-5-11(17)12(10)13-20-15(24-22-13)14-19-8-23(21-14)9-3-2-6-18-7-9/h1,4-5,8-9,18H,2-3,6-7H2. The van der Waals surface area contributed by atoms with Gasteiger partial charge in [-0.2, -0.15) is 4.98 Å². The summed E-state index contributed by atoms with van der Waals surface area (Å²) in [6, 6.07) is 5.50. The number of rotatable bonds is 3. The Morgan fingerprint density at radius 3 is 2.79 bits per heavy atom. The minimum atomic E-state index is 0.239. The van der Waals surface area contributed by atoms with Gasteiger partial charge in [-0.1, -0.05) is 34.4 Å². The summed E-state index contributed by atoms with van der Waals surface area (Å²) in [5, 5.41) is 12.7. The molecule has 0 saturated carbocycles. The average molecular weight is 365 g/mol. The summed E-state index contributed by atoms with van der Waals surface area (Å²) >= 11 is 12.4. The molecule has 3 heterocycles. The maximum Gasteiger partial charge on any atom is 0.297 e. The highest BCUT2D eigenvalue weighted by Gasteiger charge is 2.21. The zero-order valence-electron chi connectivity index (χ0n) is 12.6. The molecule has 1 aliphatic rings. The Labute approximate surface area is 148 Å². The van der Waals surface area contributed by atoms with Gasteiger partial charge in [0.15, 0.2) is 0 Å². The van der Waals surface area contributed by atoms with E-state index in [9.17, 15) is 0 Å². The normalized spacial score (nSPS) is 18.0. The highest BCUT2D eigenvalue weighted by Crippen LogP contribution is 2.33. The number of nitrogens with one attached hydrogen (secondary N) is 1. The molecule has 0 bridgehead atoms. The lowest BCUT2D eigenvalue weighted by Crippen LogP contribution is -2.31.